The average molecular weight is 302 g/mol. The number of benzene rings is 1. The fraction of sp³-hybridized carbons (Fsp3) is 0.579. The summed E-state index contributed by atoms with van der Waals surface area (Å²) < 4.78 is 0. The summed E-state index contributed by atoms with van der Waals surface area (Å²) in [5.41, 5.74) is 3.22. The van der Waals surface area contributed by atoms with E-state index in [1.54, 1.807) is 12.1 Å². The highest BCUT2D eigenvalue weighted by Gasteiger charge is 2.43. The minimum absolute atomic E-state index is 0.149. The Bertz CT molecular complexity index is 632. The van der Waals surface area contributed by atoms with E-state index in [1.807, 2.05) is 20.8 Å². The monoisotopic (exact) mass is 302 g/mol. The molecule has 0 aliphatic heterocycles. The van der Waals surface area contributed by atoms with E-state index in [4.69, 9.17) is 0 Å². The minimum atomic E-state index is -0.728. The molecule has 0 amide bonds. The maximum atomic E-state index is 10.8. The molecule has 3 atom stereocenters. The standard InChI is InChI=1S/C19H26O3/c1-5-19(4)9-8-12-11-6-7-15(21)18(2,3)13(11)10-14(20)16(12)17(19)22/h5,10,15,17,20-22H,1,6-9H2,2-4H3/t15-,17+,19+/m1/s1. The van der Waals surface area contributed by atoms with Gasteiger partial charge in [-0.1, -0.05) is 26.8 Å². The van der Waals surface area contributed by atoms with Gasteiger partial charge in [0.05, 0.1) is 12.2 Å². The van der Waals surface area contributed by atoms with Crippen LogP contribution < -0.4 is 0 Å². The van der Waals surface area contributed by atoms with Gasteiger partial charge in [-0.15, -0.1) is 6.58 Å². The van der Waals surface area contributed by atoms with Crippen molar-refractivity contribution in [2.24, 2.45) is 5.41 Å². The van der Waals surface area contributed by atoms with Gasteiger partial charge >= 0.3 is 0 Å². The summed E-state index contributed by atoms with van der Waals surface area (Å²) in [6.45, 7) is 9.89. The Morgan fingerprint density at radius 3 is 2.50 bits per heavy atom. The largest absolute Gasteiger partial charge is 0.508 e. The molecule has 0 bridgehead atoms. The third-order valence-corrected chi connectivity index (χ3v) is 6.04. The molecule has 1 aromatic rings. The molecule has 3 heteroatoms. The zero-order valence-electron chi connectivity index (χ0n) is 13.7. The molecule has 0 aromatic heterocycles. The Hall–Kier alpha value is -1.32. The van der Waals surface area contributed by atoms with Crippen LogP contribution in [0.4, 0.5) is 0 Å². The van der Waals surface area contributed by atoms with E-state index in [0.717, 1.165) is 36.8 Å². The van der Waals surface area contributed by atoms with Crippen molar-refractivity contribution in [3.05, 3.63) is 41.0 Å². The van der Waals surface area contributed by atoms with Crippen LogP contribution in [0.5, 0.6) is 5.75 Å². The third-order valence-electron chi connectivity index (χ3n) is 6.04. The molecule has 2 aliphatic rings. The van der Waals surface area contributed by atoms with Crippen molar-refractivity contribution < 1.29 is 15.3 Å². The number of aliphatic hydroxyl groups excluding tert-OH is 2. The lowest BCUT2D eigenvalue weighted by molar-refractivity contribution is 0.0509. The van der Waals surface area contributed by atoms with E-state index in [1.165, 1.54) is 5.56 Å². The van der Waals surface area contributed by atoms with E-state index in [2.05, 4.69) is 6.58 Å². The molecular weight excluding hydrogens is 276 g/mol. The molecule has 0 fully saturated rings. The van der Waals surface area contributed by atoms with Crippen LogP contribution in [0.1, 0.15) is 62.0 Å². The van der Waals surface area contributed by atoms with Crippen molar-refractivity contribution >= 4 is 0 Å². The number of hydrogen-bond acceptors (Lipinski definition) is 3. The van der Waals surface area contributed by atoms with Crippen molar-refractivity contribution in [2.75, 3.05) is 0 Å². The van der Waals surface area contributed by atoms with Gasteiger partial charge in [-0.25, -0.2) is 0 Å². The lowest BCUT2D eigenvalue weighted by Crippen LogP contribution is -2.40. The number of phenols is 1. The fourth-order valence-corrected chi connectivity index (χ4v) is 4.13. The first-order chi connectivity index (χ1) is 10.2. The zero-order chi connectivity index (χ0) is 16.3. The molecule has 0 saturated heterocycles. The van der Waals surface area contributed by atoms with E-state index >= 15 is 0 Å². The number of aromatic hydroxyl groups is 1. The zero-order valence-corrected chi connectivity index (χ0v) is 13.7. The third kappa shape index (κ3) is 1.95. The van der Waals surface area contributed by atoms with E-state index < -0.39 is 17.6 Å². The highest BCUT2D eigenvalue weighted by molar-refractivity contribution is 5.55. The Morgan fingerprint density at radius 1 is 1.18 bits per heavy atom. The number of hydrogen-bond donors (Lipinski definition) is 3. The van der Waals surface area contributed by atoms with Gasteiger partial charge in [0, 0.05) is 16.4 Å². The molecule has 120 valence electrons. The minimum Gasteiger partial charge on any atom is -0.508 e. The normalized spacial score (nSPS) is 33.0. The van der Waals surface area contributed by atoms with E-state index in [-0.39, 0.29) is 11.2 Å². The molecule has 22 heavy (non-hydrogen) atoms. The van der Waals surface area contributed by atoms with Gasteiger partial charge in [0.2, 0.25) is 0 Å². The lowest BCUT2D eigenvalue weighted by atomic mass is 9.64. The number of rotatable bonds is 1. The maximum Gasteiger partial charge on any atom is 0.122 e. The summed E-state index contributed by atoms with van der Waals surface area (Å²) in [4.78, 5) is 0. The molecule has 3 N–H and O–H groups in total. The molecule has 1 aromatic carbocycles. The summed E-state index contributed by atoms with van der Waals surface area (Å²) in [5.74, 6) is 0.149. The van der Waals surface area contributed by atoms with Crippen LogP contribution in [0.15, 0.2) is 18.7 Å². The molecule has 3 rings (SSSR count). The smallest absolute Gasteiger partial charge is 0.122 e. The summed E-state index contributed by atoms with van der Waals surface area (Å²) >= 11 is 0. The van der Waals surface area contributed by atoms with Crippen LogP contribution in [-0.4, -0.2) is 21.4 Å². The highest BCUT2D eigenvalue weighted by Crippen LogP contribution is 2.51. The van der Waals surface area contributed by atoms with Crippen LogP contribution >= 0.6 is 0 Å². The highest BCUT2D eigenvalue weighted by atomic mass is 16.3. The van der Waals surface area contributed by atoms with Crippen molar-refractivity contribution in [3.63, 3.8) is 0 Å². The predicted molar refractivity (Wildman–Crippen MR) is 87.0 cm³/mol. The van der Waals surface area contributed by atoms with E-state index in [0.29, 0.717) is 5.56 Å². The Kier molecular flexibility index (Phi) is 3.42. The second kappa shape index (κ2) is 4.84. The van der Waals surface area contributed by atoms with Crippen molar-refractivity contribution in [3.8, 4) is 5.75 Å². The molecule has 3 nitrogen and oxygen atoms in total. The molecule has 0 saturated carbocycles. The second-order valence-electron chi connectivity index (χ2n) is 7.70. The molecule has 0 unspecified atom stereocenters. The van der Waals surface area contributed by atoms with Crippen LogP contribution in [-0.2, 0) is 18.3 Å². The van der Waals surface area contributed by atoms with Crippen LogP contribution in [0.2, 0.25) is 0 Å². The second-order valence-corrected chi connectivity index (χ2v) is 7.70. The average Bonchev–Trinajstić information content (AvgIpc) is 2.47. The lowest BCUT2D eigenvalue weighted by Gasteiger charge is -2.43. The Labute approximate surface area is 132 Å². The quantitative estimate of drug-likeness (QED) is 0.698. The molecule has 2 aliphatic carbocycles. The molecular formula is C19H26O3. The van der Waals surface area contributed by atoms with Crippen LogP contribution in [0.25, 0.3) is 0 Å². The predicted octanol–water partition coefficient (Wildman–Crippen LogP) is 3.15. The summed E-state index contributed by atoms with van der Waals surface area (Å²) in [5, 5.41) is 31.6. The van der Waals surface area contributed by atoms with Crippen LogP contribution in [0, 0.1) is 5.41 Å². The molecule has 0 spiro atoms. The maximum absolute atomic E-state index is 10.8. The fourth-order valence-electron chi connectivity index (χ4n) is 4.13. The van der Waals surface area contributed by atoms with Gasteiger partial charge in [-0.3, -0.25) is 0 Å². The topological polar surface area (TPSA) is 60.7 Å². The first-order valence-corrected chi connectivity index (χ1v) is 8.10. The van der Waals surface area contributed by atoms with E-state index in [9.17, 15) is 15.3 Å². The van der Waals surface area contributed by atoms with Gasteiger partial charge in [0.1, 0.15) is 5.75 Å². The van der Waals surface area contributed by atoms with Gasteiger partial charge < -0.3 is 15.3 Å². The van der Waals surface area contributed by atoms with Crippen LogP contribution in [0.3, 0.4) is 0 Å². The van der Waals surface area contributed by atoms with Gasteiger partial charge in [-0.2, -0.15) is 0 Å². The number of aliphatic hydroxyl groups is 2. The number of phenolic OH excluding ortho intramolecular Hbond substituents is 1. The Morgan fingerprint density at radius 2 is 1.86 bits per heavy atom. The summed E-state index contributed by atoms with van der Waals surface area (Å²) in [7, 11) is 0. The first-order valence-electron chi connectivity index (χ1n) is 8.10. The van der Waals surface area contributed by atoms with Crippen molar-refractivity contribution in [1.82, 2.24) is 0 Å². The van der Waals surface area contributed by atoms with Crippen molar-refractivity contribution in [2.45, 2.75) is 64.1 Å². The molecule has 0 radical (unpaired) electrons. The molecule has 0 heterocycles. The number of fused-ring (bicyclic) bond motifs is 3. The Balaban J connectivity index is 2.22. The van der Waals surface area contributed by atoms with Gasteiger partial charge in [0.25, 0.3) is 0 Å². The van der Waals surface area contributed by atoms with Gasteiger partial charge in [-0.05, 0) is 48.4 Å². The summed E-state index contributed by atoms with van der Waals surface area (Å²) in [6.07, 6.45) is 3.86. The first kappa shape index (κ1) is 15.6. The van der Waals surface area contributed by atoms with Gasteiger partial charge in [0.15, 0.2) is 0 Å². The van der Waals surface area contributed by atoms with Crippen molar-refractivity contribution in [1.29, 1.82) is 0 Å². The SMILES string of the molecule is C=C[C@@]1(C)CCc2c3c(cc(O)c2[C@@H]1O)C(C)(C)[C@H](O)CC3. The summed E-state index contributed by atoms with van der Waals surface area (Å²) in [6, 6.07) is 1.76.